The normalized spacial score (nSPS) is 10.0. The van der Waals surface area contributed by atoms with Gasteiger partial charge < -0.3 is 24.5 Å². The molecule has 1 heterocycles. The molecule has 0 saturated heterocycles. The molecule has 0 saturated carbocycles. The number of hydrogen-bond acceptors (Lipinski definition) is 8. The molecule has 1 aromatic rings. The molecule has 0 amide bonds. The van der Waals surface area contributed by atoms with Gasteiger partial charge in [-0.3, -0.25) is 9.59 Å². The van der Waals surface area contributed by atoms with Crippen LogP contribution in [0.3, 0.4) is 0 Å². The van der Waals surface area contributed by atoms with Crippen molar-refractivity contribution < 1.29 is 38.9 Å². The first-order valence-electron chi connectivity index (χ1n) is 6.08. The maximum Gasteiger partial charge on any atom is 0.330 e. The standard InChI is InChI=1S/C12H15NO8/c1-4-7(15)19-9-10(20-8(16)5-2)12(18)13(11(9)17)21-6(3)14/h17-18H,4-5H2,1-3H3. The highest BCUT2D eigenvalue weighted by atomic mass is 16.7. The lowest BCUT2D eigenvalue weighted by Crippen LogP contribution is -2.15. The Morgan fingerprint density at radius 2 is 1.33 bits per heavy atom. The maximum atomic E-state index is 11.3. The summed E-state index contributed by atoms with van der Waals surface area (Å²) < 4.78 is 9.84. The van der Waals surface area contributed by atoms with Crippen molar-refractivity contribution in [2.75, 3.05) is 0 Å². The van der Waals surface area contributed by atoms with E-state index in [2.05, 4.69) is 4.84 Å². The second-order valence-electron chi connectivity index (χ2n) is 3.84. The van der Waals surface area contributed by atoms with Gasteiger partial charge in [-0.15, -0.1) is 0 Å². The molecule has 0 aliphatic rings. The van der Waals surface area contributed by atoms with Gasteiger partial charge in [0.15, 0.2) is 0 Å². The molecular weight excluding hydrogens is 286 g/mol. The molecule has 0 spiro atoms. The SMILES string of the molecule is CCC(=O)Oc1c(OC(=O)CC)c(O)n(OC(C)=O)c1O. The van der Waals surface area contributed by atoms with Crippen LogP contribution in [0.25, 0.3) is 0 Å². The van der Waals surface area contributed by atoms with Crippen LogP contribution >= 0.6 is 0 Å². The summed E-state index contributed by atoms with van der Waals surface area (Å²) >= 11 is 0. The summed E-state index contributed by atoms with van der Waals surface area (Å²) in [6, 6.07) is 0. The zero-order chi connectivity index (χ0) is 16.2. The second kappa shape index (κ2) is 6.64. The minimum atomic E-state index is -0.886. The molecule has 9 heteroatoms. The zero-order valence-corrected chi connectivity index (χ0v) is 11.7. The monoisotopic (exact) mass is 301 g/mol. The van der Waals surface area contributed by atoms with E-state index >= 15 is 0 Å². The fraction of sp³-hybridized carbons (Fsp3) is 0.417. The van der Waals surface area contributed by atoms with Crippen molar-refractivity contribution in [2.45, 2.75) is 33.6 Å². The van der Waals surface area contributed by atoms with E-state index in [1.54, 1.807) is 0 Å². The summed E-state index contributed by atoms with van der Waals surface area (Å²) in [5, 5.41) is 19.7. The maximum absolute atomic E-state index is 11.3. The average Bonchev–Trinajstić information content (AvgIpc) is 2.64. The van der Waals surface area contributed by atoms with E-state index in [1.807, 2.05) is 0 Å². The number of ether oxygens (including phenoxy) is 2. The Morgan fingerprint density at radius 3 is 1.62 bits per heavy atom. The Morgan fingerprint density at radius 1 is 0.952 bits per heavy atom. The fourth-order valence-corrected chi connectivity index (χ4v) is 1.26. The van der Waals surface area contributed by atoms with E-state index in [1.165, 1.54) is 13.8 Å². The highest BCUT2D eigenvalue weighted by Crippen LogP contribution is 2.46. The number of aromatic nitrogens is 1. The molecule has 1 rings (SSSR count). The van der Waals surface area contributed by atoms with Crippen molar-refractivity contribution in [3.05, 3.63) is 0 Å². The summed E-state index contributed by atoms with van der Waals surface area (Å²) in [5.41, 5.74) is 0. The van der Waals surface area contributed by atoms with Crippen LogP contribution in [0.4, 0.5) is 0 Å². The van der Waals surface area contributed by atoms with Crippen LogP contribution in [0.5, 0.6) is 23.3 Å². The highest BCUT2D eigenvalue weighted by molar-refractivity contribution is 5.79. The van der Waals surface area contributed by atoms with Gasteiger partial charge in [0.05, 0.1) is 0 Å². The molecule has 0 unspecified atom stereocenters. The van der Waals surface area contributed by atoms with Crippen LogP contribution in [-0.2, 0) is 14.4 Å². The molecule has 0 fully saturated rings. The zero-order valence-electron chi connectivity index (χ0n) is 11.7. The molecular formula is C12H15NO8. The predicted octanol–water partition coefficient (Wildman–Crippen LogP) is 0.505. The number of nitrogens with zero attached hydrogens (tertiary/aromatic N) is 1. The quantitative estimate of drug-likeness (QED) is 0.753. The second-order valence-corrected chi connectivity index (χ2v) is 3.84. The van der Waals surface area contributed by atoms with Crippen molar-refractivity contribution in [1.29, 1.82) is 0 Å². The Bertz CT molecular complexity index is 533. The first kappa shape index (κ1) is 16.3. The van der Waals surface area contributed by atoms with Crippen molar-refractivity contribution in [2.24, 2.45) is 0 Å². The van der Waals surface area contributed by atoms with Crippen molar-refractivity contribution in [3.63, 3.8) is 0 Å². The van der Waals surface area contributed by atoms with Crippen molar-refractivity contribution >= 4 is 17.9 Å². The lowest BCUT2D eigenvalue weighted by molar-refractivity contribution is -0.142. The lowest BCUT2D eigenvalue weighted by atomic mass is 10.4. The van der Waals surface area contributed by atoms with Crippen LogP contribution in [0, 0.1) is 0 Å². The molecule has 0 aromatic carbocycles. The predicted molar refractivity (Wildman–Crippen MR) is 66.9 cm³/mol. The van der Waals surface area contributed by atoms with E-state index in [9.17, 15) is 24.6 Å². The minimum Gasteiger partial charge on any atom is -0.490 e. The molecule has 0 aliphatic carbocycles. The van der Waals surface area contributed by atoms with Crippen LogP contribution in [0.15, 0.2) is 0 Å². The van der Waals surface area contributed by atoms with Gasteiger partial charge in [-0.05, 0) is 0 Å². The fourth-order valence-electron chi connectivity index (χ4n) is 1.26. The molecule has 0 aliphatic heterocycles. The first-order chi connectivity index (χ1) is 9.81. The summed E-state index contributed by atoms with van der Waals surface area (Å²) in [5.74, 6) is -5.35. The van der Waals surface area contributed by atoms with Crippen molar-refractivity contribution in [3.8, 4) is 23.3 Å². The molecule has 0 radical (unpaired) electrons. The smallest absolute Gasteiger partial charge is 0.330 e. The van der Waals surface area contributed by atoms with E-state index in [-0.39, 0.29) is 12.8 Å². The molecule has 0 atom stereocenters. The Hall–Kier alpha value is -2.71. The van der Waals surface area contributed by atoms with E-state index in [4.69, 9.17) is 9.47 Å². The summed E-state index contributed by atoms with van der Waals surface area (Å²) in [6.07, 6.45) is -0.0553. The Balaban J connectivity index is 3.32. The largest absolute Gasteiger partial charge is 0.490 e. The topological polar surface area (TPSA) is 124 Å². The van der Waals surface area contributed by atoms with Crippen LogP contribution < -0.4 is 14.3 Å². The average molecular weight is 301 g/mol. The first-order valence-corrected chi connectivity index (χ1v) is 6.08. The lowest BCUT2D eigenvalue weighted by Gasteiger charge is -2.04. The number of carbonyl (C=O) groups is 3. The molecule has 1 aromatic heterocycles. The number of aromatic hydroxyl groups is 2. The van der Waals surface area contributed by atoms with Gasteiger partial charge in [0.2, 0.25) is 11.5 Å². The summed E-state index contributed by atoms with van der Waals surface area (Å²) in [4.78, 5) is 38.1. The third-order valence-corrected chi connectivity index (χ3v) is 2.23. The molecule has 116 valence electrons. The third kappa shape index (κ3) is 3.65. The van der Waals surface area contributed by atoms with Gasteiger partial charge in [0.1, 0.15) is 0 Å². The van der Waals surface area contributed by atoms with Gasteiger partial charge in [-0.1, -0.05) is 18.6 Å². The number of hydrogen-bond donors (Lipinski definition) is 2. The van der Waals surface area contributed by atoms with Crippen LogP contribution in [0.1, 0.15) is 33.6 Å². The van der Waals surface area contributed by atoms with Crippen LogP contribution in [0.2, 0.25) is 0 Å². The number of carbonyl (C=O) groups excluding carboxylic acids is 3. The summed E-state index contributed by atoms with van der Waals surface area (Å²) in [6.45, 7) is 4.02. The van der Waals surface area contributed by atoms with E-state index < -0.39 is 41.2 Å². The molecule has 21 heavy (non-hydrogen) atoms. The Labute approximate surface area is 119 Å². The number of esters is 2. The van der Waals surface area contributed by atoms with Crippen LogP contribution in [-0.4, -0.2) is 32.9 Å². The van der Waals surface area contributed by atoms with E-state index in [0.29, 0.717) is 4.73 Å². The van der Waals surface area contributed by atoms with Gasteiger partial charge in [0, 0.05) is 19.8 Å². The molecule has 0 bridgehead atoms. The number of rotatable bonds is 5. The van der Waals surface area contributed by atoms with Gasteiger partial charge in [-0.25, -0.2) is 4.79 Å². The van der Waals surface area contributed by atoms with Gasteiger partial charge in [-0.2, -0.15) is 0 Å². The van der Waals surface area contributed by atoms with Gasteiger partial charge in [0.25, 0.3) is 11.8 Å². The van der Waals surface area contributed by atoms with Gasteiger partial charge >= 0.3 is 17.9 Å². The van der Waals surface area contributed by atoms with E-state index in [0.717, 1.165) is 6.92 Å². The highest BCUT2D eigenvalue weighted by Gasteiger charge is 2.30. The minimum absolute atomic E-state index is 0.0277. The van der Waals surface area contributed by atoms with Crippen molar-refractivity contribution in [1.82, 2.24) is 4.73 Å². The Kier molecular flexibility index (Phi) is 5.17. The third-order valence-electron chi connectivity index (χ3n) is 2.23. The molecule has 2 N–H and O–H groups in total. The summed E-state index contributed by atoms with van der Waals surface area (Å²) in [7, 11) is 0. The molecule has 9 nitrogen and oxygen atoms in total.